The van der Waals surface area contributed by atoms with Crippen molar-refractivity contribution in [2.75, 3.05) is 45.2 Å². The molecule has 0 radical (unpaired) electrons. The zero-order chi connectivity index (χ0) is 37.2. The van der Waals surface area contributed by atoms with Crippen LogP contribution in [0, 0.1) is 0 Å². The van der Waals surface area contributed by atoms with Gasteiger partial charge in [0.25, 0.3) is 6.73 Å². The van der Waals surface area contributed by atoms with Gasteiger partial charge in [-0.2, -0.15) is 4.58 Å². The summed E-state index contributed by atoms with van der Waals surface area (Å²) in [6, 6.07) is 26.1. The van der Waals surface area contributed by atoms with Crippen LogP contribution in [-0.4, -0.2) is 50.5 Å². The van der Waals surface area contributed by atoms with Crippen LogP contribution in [0.3, 0.4) is 0 Å². The normalized spacial score (nSPS) is 19.5. The summed E-state index contributed by atoms with van der Waals surface area (Å²) >= 11 is 7.32. The van der Waals surface area contributed by atoms with E-state index in [1.807, 2.05) is 13.8 Å². The molecule has 0 bridgehead atoms. The van der Waals surface area contributed by atoms with Gasteiger partial charge in [0.2, 0.25) is 5.69 Å². The number of halogens is 1. The first kappa shape index (κ1) is 37.3. The second-order valence-corrected chi connectivity index (χ2v) is 15.4. The molecule has 2 heterocycles. The van der Waals surface area contributed by atoms with Gasteiger partial charge in [-0.1, -0.05) is 92.2 Å². The van der Waals surface area contributed by atoms with Crippen LogP contribution in [0.5, 0.6) is 0 Å². The van der Waals surface area contributed by atoms with Gasteiger partial charge in [-0.3, -0.25) is 4.74 Å². The highest BCUT2D eigenvalue weighted by molar-refractivity contribution is 6.32. The first-order chi connectivity index (χ1) is 25.7. The lowest BCUT2D eigenvalue weighted by Crippen LogP contribution is -2.28. The Labute approximate surface area is 319 Å². The number of allylic oxidation sites excluding steroid dienone is 8. The van der Waals surface area contributed by atoms with E-state index >= 15 is 0 Å². The van der Waals surface area contributed by atoms with E-state index in [9.17, 15) is 0 Å². The fraction of sp³-hybridized carbons (Fsp3) is 0.370. The molecule has 7 rings (SSSR count). The van der Waals surface area contributed by atoms with E-state index in [1.165, 1.54) is 55.5 Å². The molecule has 0 aromatic heterocycles. The first-order valence-corrected chi connectivity index (χ1v) is 19.3. The van der Waals surface area contributed by atoms with Crippen molar-refractivity contribution in [1.82, 2.24) is 0 Å². The fourth-order valence-electron chi connectivity index (χ4n) is 8.46. The van der Waals surface area contributed by atoms with E-state index < -0.39 is 0 Å². The summed E-state index contributed by atoms with van der Waals surface area (Å²) < 4.78 is 25.5. The Morgan fingerprint density at radius 2 is 1.38 bits per heavy atom. The summed E-state index contributed by atoms with van der Waals surface area (Å²) in [4.78, 5) is 2.29. The zero-order valence-electron chi connectivity index (χ0n) is 32.0. The van der Waals surface area contributed by atoms with E-state index in [4.69, 9.17) is 30.5 Å². The average Bonchev–Trinajstić information content (AvgIpc) is 3.52. The molecule has 2 aliphatic heterocycles. The molecule has 0 saturated carbocycles. The summed E-state index contributed by atoms with van der Waals surface area (Å²) in [5.41, 5.74) is 9.11. The van der Waals surface area contributed by atoms with Crippen LogP contribution in [0.1, 0.15) is 71.9 Å². The summed E-state index contributed by atoms with van der Waals surface area (Å²) in [6.45, 7) is 15.7. The minimum Gasteiger partial charge on any atom is -0.356 e. The summed E-state index contributed by atoms with van der Waals surface area (Å²) in [6.07, 6.45) is 11.9. The van der Waals surface area contributed by atoms with Crippen molar-refractivity contribution < 1.29 is 23.5 Å². The zero-order valence-corrected chi connectivity index (χ0v) is 32.8. The van der Waals surface area contributed by atoms with Crippen molar-refractivity contribution in [1.29, 1.82) is 0 Å². The van der Waals surface area contributed by atoms with Crippen molar-refractivity contribution >= 4 is 50.2 Å². The molecule has 53 heavy (non-hydrogen) atoms. The highest BCUT2D eigenvalue weighted by Crippen LogP contribution is 2.51. The van der Waals surface area contributed by atoms with E-state index in [0.717, 1.165) is 35.4 Å². The third-order valence-electron chi connectivity index (χ3n) is 11.0. The minimum atomic E-state index is -0.257. The maximum Gasteiger partial charge on any atom is 0.255 e. The Morgan fingerprint density at radius 1 is 0.717 bits per heavy atom. The third-order valence-corrected chi connectivity index (χ3v) is 11.5. The predicted octanol–water partition coefficient (Wildman–Crippen LogP) is 11.1. The molecule has 0 amide bonds. The molecule has 276 valence electrons. The van der Waals surface area contributed by atoms with E-state index in [0.29, 0.717) is 26.7 Å². The number of hydrogen-bond acceptors (Lipinski definition) is 5. The van der Waals surface area contributed by atoms with Crippen LogP contribution in [0.2, 0.25) is 0 Å². The molecule has 0 spiro atoms. The molecule has 6 nitrogen and oxygen atoms in total. The quantitative estimate of drug-likeness (QED) is 0.0778. The molecule has 4 aromatic carbocycles. The molecule has 0 unspecified atom stereocenters. The smallest absolute Gasteiger partial charge is 0.255 e. The van der Waals surface area contributed by atoms with Gasteiger partial charge in [-0.15, -0.1) is 0 Å². The maximum absolute atomic E-state index is 7.32. The Bertz CT molecular complexity index is 2170. The van der Waals surface area contributed by atoms with E-state index in [-0.39, 0.29) is 24.4 Å². The summed E-state index contributed by atoms with van der Waals surface area (Å²) in [5.74, 6) is 0. The molecule has 7 heteroatoms. The second-order valence-electron chi connectivity index (χ2n) is 15.0. The Balaban J connectivity index is 1.24. The molecule has 3 aliphatic rings. The van der Waals surface area contributed by atoms with Crippen molar-refractivity contribution in [2.45, 2.75) is 71.6 Å². The van der Waals surface area contributed by atoms with E-state index in [2.05, 4.69) is 134 Å². The first-order valence-electron chi connectivity index (χ1n) is 18.9. The van der Waals surface area contributed by atoms with Gasteiger partial charge in [0.05, 0.1) is 5.41 Å². The lowest BCUT2D eigenvalue weighted by atomic mass is 9.78. The topological polar surface area (TPSA) is 43.2 Å². The Hall–Kier alpha value is -4.04. The van der Waals surface area contributed by atoms with Crippen molar-refractivity contribution in [3.05, 3.63) is 130 Å². The Morgan fingerprint density at radius 3 is 2.09 bits per heavy atom. The minimum absolute atomic E-state index is 0.252. The predicted molar refractivity (Wildman–Crippen MR) is 218 cm³/mol. The summed E-state index contributed by atoms with van der Waals surface area (Å²) in [7, 11) is 0. The largest absolute Gasteiger partial charge is 0.356 e. The van der Waals surface area contributed by atoms with E-state index in [1.54, 1.807) is 0 Å². The number of anilines is 1. The van der Waals surface area contributed by atoms with Crippen LogP contribution in [-0.2, 0) is 29.8 Å². The lowest BCUT2D eigenvalue weighted by molar-refractivity contribution is -0.494. The molecule has 0 fully saturated rings. The second kappa shape index (κ2) is 15.7. The standard InChI is InChI=1S/C46H52ClN2O4/c1-7-50-30-52-28-48-38-24-20-32-14-9-11-18-36(32)42(38)45(3,4)40(48)26-22-34-16-13-17-35(44(34)47)23-27-41-46(5,6)43-37-19-12-10-15-33(37)21-25-39(43)49(41)29-53-31-51-8-2/h9-12,14-15,18-27H,7-8,13,16-17,28-31H2,1-6H3/q+1. The average molecular weight is 732 g/mol. The monoisotopic (exact) mass is 731 g/mol. The maximum atomic E-state index is 7.32. The number of rotatable bonds is 13. The number of nitrogens with zero attached hydrogens (tertiary/aromatic N) is 2. The van der Waals surface area contributed by atoms with Gasteiger partial charge in [-0.25, -0.2) is 0 Å². The molecule has 0 N–H and O–H groups in total. The molecule has 1 aliphatic carbocycles. The molecule has 4 aromatic rings. The third kappa shape index (κ3) is 7.04. The van der Waals surface area contributed by atoms with Crippen LogP contribution in [0.15, 0.2) is 119 Å². The van der Waals surface area contributed by atoms with Crippen molar-refractivity contribution in [3.63, 3.8) is 0 Å². The van der Waals surface area contributed by atoms with Gasteiger partial charge in [0, 0.05) is 52.8 Å². The van der Waals surface area contributed by atoms with Gasteiger partial charge in [0.1, 0.15) is 13.5 Å². The lowest BCUT2D eigenvalue weighted by Gasteiger charge is -2.27. The van der Waals surface area contributed by atoms with Gasteiger partial charge >= 0.3 is 0 Å². The SMILES string of the molecule is CCOCOCN1C(=CC=C2CCCC(C=CC3=[N+](COCOCC)c4ccc5ccccc5c4C3(C)C)=C2Cl)C(C)(C)c2c1ccc1ccccc21. The highest BCUT2D eigenvalue weighted by Gasteiger charge is 2.46. The van der Waals surface area contributed by atoms with Crippen LogP contribution in [0.25, 0.3) is 21.5 Å². The number of benzene rings is 4. The van der Waals surface area contributed by atoms with Gasteiger partial charge in [-0.05, 0) is 103 Å². The molecule has 0 atom stereocenters. The van der Waals surface area contributed by atoms with Crippen molar-refractivity contribution in [2.24, 2.45) is 0 Å². The van der Waals surface area contributed by atoms with Gasteiger partial charge in [0.15, 0.2) is 12.5 Å². The van der Waals surface area contributed by atoms with Gasteiger partial charge < -0.3 is 19.1 Å². The Kier molecular flexibility index (Phi) is 11.1. The van der Waals surface area contributed by atoms with Crippen molar-refractivity contribution in [3.8, 4) is 0 Å². The summed E-state index contributed by atoms with van der Waals surface area (Å²) in [5, 5.41) is 5.85. The highest BCUT2D eigenvalue weighted by atomic mass is 35.5. The number of ether oxygens (including phenoxy) is 4. The number of fused-ring (bicyclic) bond motifs is 6. The van der Waals surface area contributed by atoms with Crippen LogP contribution < -0.4 is 4.90 Å². The van der Waals surface area contributed by atoms with Crippen LogP contribution >= 0.6 is 11.6 Å². The molecular formula is C46H52ClN2O4+. The molecular weight excluding hydrogens is 680 g/mol. The number of hydrogen-bond donors (Lipinski definition) is 0. The fourth-order valence-corrected chi connectivity index (χ4v) is 8.77. The van der Waals surface area contributed by atoms with Crippen LogP contribution in [0.4, 0.5) is 11.4 Å². The molecule has 0 saturated heterocycles.